The van der Waals surface area contributed by atoms with E-state index in [2.05, 4.69) is 47.7 Å². The van der Waals surface area contributed by atoms with Crippen molar-refractivity contribution < 1.29 is 9.53 Å². The van der Waals surface area contributed by atoms with Crippen molar-refractivity contribution in [2.45, 2.75) is 52.2 Å². The van der Waals surface area contributed by atoms with Gasteiger partial charge < -0.3 is 14.2 Å². The van der Waals surface area contributed by atoms with Gasteiger partial charge in [-0.1, -0.05) is 0 Å². The zero-order chi connectivity index (χ0) is 21.3. The average molecular weight is 415 g/mol. The Balaban J connectivity index is 1.60. The number of hydrogen-bond donors (Lipinski definition) is 0. The van der Waals surface area contributed by atoms with E-state index in [0.29, 0.717) is 19.2 Å². The zero-order valence-electron chi connectivity index (χ0n) is 18.6. The topological polar surface area (TPSA) is 68.4 Å². The number of nitrogens with zero attached hydrogens (tertiary/aromatic N) is 6. The standard InChI is InChI=1S/C22H34N6O2/c1-5-28-12-18(10-24-28)11-25-13-19(20-14-27(16-23-20)17(2)3)22(15-25)6-7-26(21(22)29)8-9-30-4/h10,12,14,16-17,19H,5-9,11,13,15H2,1-4H3/t19-,22+/m0/s1. The Bertz CT molecular complexity index is 875. The molecule has 1 amide bonds. The van der Waals surface area contributed by atoms with Crippen LogP contribution in [0.4, 0.5) is 0 Å². The van der Waals surface area contributed by atoms with Crippen LogP contribution in [-0.2, 0) is 22.6 Å². The van der Waals surface area contributed by atoms with E-state index in [1.165, 1.54) is 5.56 Å². The van der Waals surface area contributed by atoms with E-state index in [1.54, 1.807) is 7.11 Å². The van der Waals surface area contributed by atoms with Gasteiger partial charge in [0.05, 0.1) is 30.2 Å². The number of aromatic nitrogens is 4. The molecule has 8 nitrogen and oxygen atoms in total. The molecule has 2 aliphatic heterocycles. The molecule has 1 spiro atoms. The summed E-state index contributed by atoms with van der Waals surface area (Å²) in [5.41, 5.74) is 1.84. The lowest BCUT2D eigenvalue weighted by Crippen LogP contribution is -2.40. The SMILES string of the molecule is CCn1cc(CN2C[C@@H](c3cn(C(C)C)cn3)[C@@]3(CCN(CCOC)C3=O)C2)cn1. The minimum absolute atomic E-state index is 0.110. The predicted molar refractivity (Wildman–Crippen MR) is 114 cm³/mol. The van der Waals surface area contributed by atoms with Gasteiger partial charge in [-0.3, -0.25) is 14.4 Å². The number of rotatable bonds is 8. The molecule has 2 atom stereocenters. The minimum Gasteiger partial charge on any atom is -0.383 e. The van der Waals surface area contributed by atoms with Crippen LogP contribution in [-0.4, -0.2) is 74.9 Å². The van der Waals surface area contributed by atoms with Crippen molar-refractivity contribution in [3.05, 3.63) is 36.2 Å². The fourth-order valence-electron chi connectivity index (χ4n) is 4.98. The number of ether oxygens (including phenoxy) is 1. The Kier molecular flexibility index (Phi) is 5.97. The maximum absolute atomic E-state index is 13.6. The Morgan fingerprint density at radius 3 is 2.83 bits per heavy atom. The largest absolute Gasteiger partial charge is 0.383 e. The lowest BCUT2D eigenvalue weighted by Gasteiger charge is -2.28. The van der Waals surface area contributed by atoms with E-state index in [-0.39, 0.29) is 11.8 Å². The van der Waals surface area contributed by atoms with E-state index in [1.807, 2.05) is 22.1 Å². The van der Waals surface area contributed by atoms with Crippen LogP contribution in [0.5, 0.6) is 0 Å². The summed E-state index contributed by atoms with van der Waals surface area (Å²) in [6, 6.07) is 0.358. The molecule has 8 heteroatoms. The van der Waals surface area contributed by atoms with Crippen molar-refractivity contribution in [3.63, 3.8) is 0 Å². The molecule has 2 aromatic heterocycles. The van der Waals surface area contributed by atoms with Crippen molar-refractivity contribution in [1.29, 1.82) is 0 Å². The third kappa shape index (κ3) is 3.78. The second-order valence-corrected chi connectivity index (χ2v) is 8.96. The van der Waals surface area contributed by atoms with Crippen LogP contribution in [0, 0.1) is 5.41 Å². The highest BCUT2D eigenvalue weighted by molar-refractivity contribution is 5.86. The van der Waals surface area contributed by atoms with Gasteiger partial charge in [-0.2, -0.15) is 5.10 Å². The Morgan fingerprint density at radius 2 is 2.17 bits per heavy atom. The van der Waals surface area contributed by atoms with Gasteiger partial charge in [0.1, 0.15) is 0 Å². The molecule has 0 radical (unpaired) electrons. The number of likely N-dealkylation sites (tertiary alicyclic amines) is 2. The van der Waals surface area contributed by atoms with E-state index in [9.17, 15) is 4.79 Å². The zero-order valence-corrected chi connectivity index (χ0v) is 18.6. The van der Waals surface area contributed by atoms with Crippen LogP contribution in [0.2, 0.25) is 0 Å². The molecule has 0 saturated carbocycles. The molecule has 2 saturated heterocycles. The number of methoxy groups -OCH3 is 1. The van der Waals surface area contributed by atoms with Gasteiger partial charge in [0.2, 0.25) is 5.91 Å². The van der Waals surface area contributed by atoms with Crippen LogP contribution in [0.25, 0.3) is 0 Å². The molecule has 0 aromatic carbocycles. The monoisotopic (exact) mass is 414 g/mol. The molecule has 2 aromatic rings. The molecule has 0 bridgehead atoms. The Morgan fingerprint density at radius 1 is 1.33 bits per heavy atom. The van der Waals surface area contributed by atoms with E-state index < -0.39 is 5.41 Å². The molecule has 0 N–H and O–H groups in total. The number of carbonyl (C=O) groups is 1. The normalized spacial score (nSPS) is 24.8. The average Bonchev–Trinajstić information content (AvgIpc) is 3.50. The third-order valence-corrected chi connectivity index (χ3v) is 6.71. The molecule has 164 valence electrons. The van der Waals surface area contributed by atoms with Crippen molar-refractivity contribution >= 4 is 5.91 Å². The molecule has 2 aliphatic rings. The summed E-state index contributed by atoms with van der Waals surface area (Å²) in [5, 5.41) is 4.41. The third-order valence-electron chi connectivity index (χ3n) is 6.71. The lowest BCUT2D eigenvalue weighted by molar-refractivity contribution is -0.136. The van der Waals surface area contributed by atoms with Gasteiger partial charge in [-0.15, -0.1) is 0 Å². The van der Waals surface area contributed by atoms with Crippen LogP contribution in [0.15, 0.2) is 24.9 Å². The Hall–Kier alpha value is -2.19. The van der Waals surface area contributed by atoms with E-state index in [4.69, 9.17) is 9.72 Å². The van der Waals surface area contributed by atoms with Crippen molar-refractivity contribution in [3.8, 4) is 0 Å². The van der Waals surface area contributed by atoms with Gasteiger partial charge in [-0.25, -0.2) is 4.98 Å². The predicted octanol–water partition coefficient (Wildman–Crippen LogP) is 2.14. The fraction of sp³-hybridized carbons (Fsp3) is 0.682. The second-order valence-electron chi connectivity index (χ2n) is 8.96. The summed E-state index contributed by atoms with van der Waals surface area (Å²) in [6.07, 6.45) is 8.97. The molecule has 4 rings (SSSR count). The smallest absolute Gasteiger partial charge is 0.230 e. The lowest BCUT2D eigenvalue weighted by atomic mass is 9.75. The maximum Gasteiger partial charge on any atom is 0.230 e. The molecule has 2 fully saturated rings. The van der Waals surface area contributed by atoms with Crippen molar-refractivity contribution in [1.82, 2.24) is 29.1 Å². The quantitative estimate of drug-likeness (QED) is 0.662. The second kappa shape index (κ2) is 8.51. The van der Waals surface area contributed by atoms with Crippen molar-refractivity contribution in [2.24, 2.45) is 5.41 Å². The highest BCUT2D eigenvalue weighted by atomic mass is 16.5. The number of hydrogen-bond acceptors (Lipinski definition) is 5. The van der Waals surface area contributed by atoms with Gasteiger partial charge >= 0.3 is 0 Å². The molecule has 30 heavy (non-hydrogen) atoms. The summed E-state index contributed by atoms with van der Waals surface area (Å²) in [5.74, 6) is 0.370. The molecular weight excluding hydrogens is 380 g/mol. The summed E-state index contributed by atoms with van der Waals surface area (Å²) in [7, 11) is 1.69. The van der Waals surface area contributed by atoms with Crippen molar-refractivity contribution in [2.75, 3.05) is 39.9 Å². The number of amides is 1. The first-order valence-electron chi connectivity index (χ1n) is 11.0. The molecule has 0 unspecified atom stereocenters. The number of imidazole rings is 1. The summed E-state index contributed by atoms with van der Waals surface area (Å²) in [6.45, 7) is 11.7. The van der Waals surface area contributed by atoms with Crippen LogP contribution in [0.1, 0.15) is 50.4 Å². The summed E-state index contributed by atoms with van der Waals surface area (Å²) >= 11 is 0. The van der Waals surface area contributed by atoms with Crippen LogP contribution < -0.4 is 0 Å². The van der Waals surface area contributed by atoms with Gasteiger partial charge in [0.25, 0.3) is 0 Å². The highest BCUT2D eigenvalue weighted by Crippen LogP contribution is 2.49. The molecule has 0 aliphatic carbocycles. The van der Waals surface area contributed by atoms with Crippen LogP contribution in [0.3, 0.4) is 0 Å². The molecular formula is C22H34N6O2. The van der Waals surface area contributed by atoms with E-state index in [0.717, 1.165) is 44.8 Å². The summed E-state index contributed by atoms with van der Waals surface area (Å²) in [4.78, 5) is 22.7. The van der Waals surface area contributed by atoms with Gasteiger partial charge in [-0.05, 0) is 27.2 Å². The fourth-order valence-corrected chi connectivity index (χ4v) is 4.98. The first kappa shape index (κ1) is 21.1. The first-order chi connectivity index (χ1) is 14.5. The molecule has 4 heterocycles. The summed E-state index contributed by atoms with van der Waals surface area (Å²) < 4.78 is 9.32. The number of carbonyl (C=O) groups excluding carboxylic acids is 1. The van der Waals surface area contributed by atoms with Crippen LogP contribution >= 0.6 is 0 Å². The van der Waals surface area contributed by atoms with Gasteiger partial charge in [0.15, 0.2) is 0 Å². The maximum atomic E-state index is 13.6. The van der Waals surface area contributed by atoms with Gasteiger partial charge in [0, 0.05) is 76.3 Å². The highest BCUT2D eigenvalue weighted by Gasteiger charge is 2.57. The minimum atomic E-state index is -0.398. The Labute approximate surface area is 178 Å². The number of aryl methyl sites for hydroxylation is 1. The first-order valence-corrected chi connectivity index (χ1v) is 11.0. The van der Waals surface area contributed by atoms with E-state index >= 15 is 0 Å².